The van der Waals surface area contributed by atoms with Crippen molar-refractivity contribution in [3.63, 3.8) is 0 Å². The van der Waals surface area contributed by atoms with Gasteiger partial charge in [0.15, 0.2) is 17.4 Å². The van der Waals surface area contributed by atoms with Crippen LogP contribution in [-0.4, -0.2) is 70.0 Å². The van der Waals surface area contributed by atoms with Crippen LogP contribution in [-0.2, 0) is 29.1 Å². The quantitative estimate of drug-likeness (QED) is 0.0194. The summed E-state index contributed by atoms with van der Waals surface area (Å²) in [5.74, 6) is -4.89. The molecule has 0 saturated heterocycles. The largest absolute Gasteiger partial charge is 0.744 e. The number of hydrogen-bond donors (Lipinski definition) is 0. The van der Waals surface area contributed by atoms with Crippen molar-refractivity contribution in [2.45, 2.75) is 57.6 Å². The fraction of sp³-hybridized carbons (Fsp3) is 0.292. The lowest BCUT2D eigenvalue weighted by Crippen LogP contribution is -2.25. The lowest BCUT2D eigenvalue weighted by atomic mass is 9.93. The van der Waals surface area contributed by atoms with Crippen molar-refractivity contribution in [3.05, 3.63) is 134 Å². The van der Waals surface area contributed by atoms with Gasteiger partial charge in [-0.3, -0.25) is 0 Å². The van der Waals surface area contributed by atoms with Crippen molar-refractivity contribution in [2.75, 3.05) is 39.6 Å². The fourth-order valence-electron chi connectivity index (χ4n) is 5.78. The standard InChI is InChI=1S/C47H49F3O12S.CH3/c1-30(61-46(2,3)4)55-20-21-56-37-14-8-31(9-15-37)34-26-35(28-36(27-34)33-12-18-39(19-13-33)58-23-25-60-45(51)62-47(5,6)7)32-10-16-38(17-11-32)57-22-24-59-44-40(48)29-41(63(52,53)54)42(49)43(44)50;/h8-19,26-29H,1,20-25H2,2-7H3,(H,52,53,54);1H3/q;+1/p-1. The van der Waals surface area contributed by atoms with E-state index >= 15 is 0 Å². The predicted molar refractivity (Wildman–Crippen MR) is 234 cm³/mol. The van der Waals surface area contributed by atoms with Gasteiger partial charge >= 0.3 is 6.16 Å². The smallest absolute Gasteiger partial charge is 0.508 e. The van der Waals surface area contributed by atoms with Gasteiger partial charge in [0.05, 0.1) is 4.90 Å². The summed E-state index contributed by atoms with van der Waals surface area (Å²) in [6, 6.07) is 28.3. The van der Waals surface area contributed by atoms with E-state index in [0.717, 1.165) is 33.4 Å². The van der Waals surface area contributed by atoms with Gasteiger partial charge in [0.1, 0.15) is 78.2 Å². The van der Waals surface area contributed by atoms with E-state index in [1.165, 1.54) is 0 Å². The molecule has 0 bridgehead atoms. The molecule has 5 aromatic rings. The second-order valence-electron chi connectivity index (χ2n) is 15.8. The first-order valence-electron chi connectivity index (χ1n) is 19.6. The Labute approximate surface area is 372 Å². The molecule has 0 amide bonds. The third kappa shape index (κ3) is 15.1. The third-order valence-corrected chi connectivity index (χ3v) is 9.28. The third-order valence-electron chi connectivity index (χ3n) is 8.44. The van der Waals surface area contributed by atoms with Crippen LogP contribution in [0.5, 0.6) is 23.0 Å². The second-order valence-corrected chi connectivity index (χ2v) is 17.1. The van der Waals surface area contributed by atoms with Gasteiger partial charge in [-0.25, -0.2) is 22.0 Å². The van der Waals surface area contributed by atoms with Crippen molar-refractivity contribution in [1.82, 2.24) is 0 Å². The number of hydrogen-bond acceptors (Lipinski definition) is 12. The minimum Gasteiger partial charge on any atom is -0.744 e. The Bertz CT molecular complexity index is 2360. The van der Waals surface area contributed by atoms with E-state index in [2.05, 4.69) is 12.6 Å². The SMILES string of the molecule is C=C(OCCOc1ccc(-c2cc(-c3ccc(OCCOC(=O)OC(C)(C)C)cc3)cc(-c3ccc(OCCOc4c(F)cc(S(=O)(=O)[O-])c(F)c4F)cc3)c2)cc1)OC(C)(C)C.[CH3+]. The number of carbonyl (C=O) groups is 1. The monoisotopic (exact) mass is 908 g/mol. The Morgan fingerprint density at radius 3 is 1.31 bits per heavy atom. The average molecular weight is 909 g/mol. The molecule has 0 saturated carbocycles. The summed E-state index contributed by atoms with van der Waals surface area (Å²) >= 11 is 0. The van der Waals surface area contributed by atoms with Crippen LogP contribution in [0.3, 0.4) is 0 Å². The highest BCUT2D eigenvalue weighted by Gasteiger charge is 2.24. The Morgan fingerprint density at radius 1 is 0.547 bits per heavy atom. The summed E-state index contributed by atoms with van der Waals surface area (Å²) < 4.78 is 120. The van der Waals surface area contributed by atoms with Crippen LogP contribution >= 0.6 is 0 Å². The van der Waals surface area contributed by atoms with Crippen molar-refractivity contribution in [1.29, 1.82) is 0 Å². The first-order chi connectivity index (χ1) is 29.6. The molecule has 0 aliphatic rings. The van der Waals surface area contributed by atoms with Gasteiger partial charge in [0.2, 0.25) is 5.82 Å². The van der Waals surface area contributed by atoms with Crippen LogP contribution < -0.4 is 18.9 Å². The molecule has 0 aromatic heterocycles. The molecule has 12 nitrogen and oxygen atoms in total. The molecular weight excluding hydrogens is 858 g/mol. The maximum absolute atomic E-state index is 14.3. The molecule has 16 heteroatoms. The van der Waals surface area contributed by atoms with E-state index in [-0.39, 0.29) is 52.5 Å². The number of rotatable bonds is 19. The number of ether oxygens (including phenoxy) is 8. The average Bonchev–Trinajstić information content (AvgIpc) is 3.21. The fourth-order valence-corrected chi connectivity index (χ4v) is 6.34. The molecule has 0 aliphatic carbocycles. The van der Waals surface area contributed by atoms with E-state index < -0.39 is 62.2 Å². The molecule has 342 valence electrons. The highest BCUT2D eigenvalue weighted by Crippen LogP contribution is 2.35. The first-order valence-corrected chi connectivity index (χ1v) is 21.0. The van der Waals surface area contributed by atoms with Crippen LogP contribution in [0, 0.1) is 24.9 Å². The lowest BCUT2D eigenvalue weighted by Gasteiger charge is -2.22. The van der Waals surface area contributed by atoms with Crippen molar-refractivity contribution in [3.8, 4) is 56.4 Å². The predicted octanol–water partition coefficient (Wildman–Crippen LogP) is 10.9. The normalized spacial score (nSPS) is 11.5. The van der Waals surface area contributed by atoms with Gasteiger partial charge in [0.25, 0.3) is 5.95 Å². The highest BCUT2D eigenvalue weighted by molar-refractivity contribution is 7.85. The van der Waals surface area contributed by atoms with Crippen LogP contribution in [0.15, 0.2) is 114 Å². The molecule has 0 aliphatic heterocycles. The molecule has 5 rings (SSSR count). The van der Waals surface area contributed by atoms with E-state index in [0.29, 0.717) is 17.2 Å². The molecular formula is C48H51F3O12S. The first kappa shape index (κ1) is 50.1. The summed E-state index contributed by atoms with van der Waals surface area (Å²) in [4.78, 5) is 10.2. The molecule has 64 heavy (non-hydrogen) atoms. The number of halogens is 3. The van der Waals surface area contributed by atoms with Crippen molar-refractivity contribution < 1.29 is 68.8 Å². The summed E-state index contributed by atoms with van der Waals surface area (Å²) in [5.41, 5.74) is 4.21. The van der Waals surface area contributed by atoms with E-state index in [4.69, 9.17) is 37.9 Å². The zero-order chi connectivity index (χ0) is 46.0. The molecule has 0 spiro atoms. The Morgan fingerprint density at radius 2 is 0.922 bits per heavy atom. The van der Waals surface area contributed by atoms with E-state index in [1.54, 1.807) is 32.9 Å². The zero-order valence-electron chi connectivity index (χ0n) is 36.6. The van der Waals surface area contributed by atoms with E-state index in [9.17, 15) is 30.9 Å². The van der Waals surface area contributed by atoms with Gasteiger partial charge in [-0.1, -0.05) is 36.4 Å². The van der Waals surface area contributed by atoms with Gasteiger partial charge < -0.3 is 42.4 Å². The van der Waals surface area contributed by atoms with Crippen LogP contribution in [0.4, 0.5) is 18.0 Å². The molecule has 5 aromatic carbocycles. The highest BCUT2D eigenvalue weighted by atomic mass is 32.2. The summed E-state index contributed by atoms with van der Waals surface area (Å²) in [5, 5.41) is 0. The maximum atomic E-state index is 14.3. The minimum absolute atomic E-state index is 0. The topological polar surface area (TPSA) is 148 Å². The van der Waals surface area contributed by atoms with Gasteiger partial charge in [-0.15, -0.1) is 0 Å². The van der Waals surface area contributed by atoms with Crippen LogP contribution in [0.25, 0.3) is 33.4 Å². The Hall–Kier alpha value is -6.52. The van der Waals surface area contributed by atoms with Gasteiger partial charge in [0, 0.05) is 7.43 Å². The maximum Gasteiger partial charge on any atom is 0.508 e. The number of carbonyl (C=O) groups excluding carboxylic acids is 1. The Kier molecular flexibility index (Phi) is 17.0. The molecule has 0 atom stereocenters. The second kappa shape index (κ2) is 21.7. The van der Waals surface area contributed by atoms with Crippen LogP contribution in [0.1, 0.15) is 41.5 Å². The van der Waals surface area contributed by atoms with Crippen molar-refractivity contribution in [2.24, 2.45) is 0 Å². The zero-order valence-corrected chi connectivity index (χ0v) is 37.4. The van der Waals surface area contributed by atoms with Gasteiger partial charge in [-0.05, 0) is 142 Å². The van der Waals surface area contributed by atoms with Crippen molar-refractivity contribution >= 4 is 16.3 Å². The Balaban J connectivity index is 0.00000898. The molecule has 0 N–H and O–H groups in total. The minimum atomic E-state index is -5.45. The summed E-state index contributed by atoms with van der Waals surface area (Å²) in [6.45, 7) is 14.7. The van der Waals surface area contributed by atoms with E-state index in [1.807, 2.05) is 93.6 Å². The molecule has 0 fully saturated rings. The van der Waals surface area contributed by atoms with Gasteiger partial charge in [-0.2, -0.15) is 4.39 Å². The van der Waals surface area contributed by atoms with Crippen LogP contribution in [0.2, 0.25) is 0 Å². The number of benzene rings is 5. The lowest BCUT2D eigenvalue weighted by molar-refractivity contribution is -0.0473. The molecule has 0 radical (unpaired) electrons. The summed E-state index contributed by atoms with van der Waals surface area (Å²) in [6.07, 6.45) is -0.774. The molecule has 0 heterocycles. The molecule has 0 unspecified atom stereocenters. The summed E-state index contributed by atoms with van der Waals surface area (Å²) in [7, 11) is -5.45.